The van der Waals surface area contributed by atoms with Crippen molar-refractivity contribution in [3.63, 3.8) is 0 Å². The van der Waals surface area contributed by atoms with Gasteiger partial charge in [-0.1, -0.05) is 11.6 Å². The number of sulfonamides is 1. The zero-order valence-electron chi connectivity index (χ0n) is 14.0. The van der Waals surface area contributed by atoms with E-state index >= 15 is 0 Å². The number of nitrogens with two attached hydrogens (primary N) is 1. The van der Waals surface area contributed by atoms with Crippen molar-refractivity contribution in [3.8, 4) is 23.6 Å². The fourth-order valence-electron chi connectivity index (χ4n) is 2.22. The molecule has 0 saturated heterocycles. The Labute approximate surface area is 165 Å². The summed E-state index contributed by atoms with van der Waals surface area (Å²) < 4.78 is 32.8. The number of nitrogens with zero attached hydrogens (tertiary/aromatic N) is 4. The largest absolute Gasteiger partial charge is 0.456 e. The van der Waals surface area contributed by atoms with Crippen LogP contribution in [0.2, 0.25) is 5.02 Å². The maximum Gasteiger partial charge on any atom is 0.263 e. The van der Waals surface area contributed by atoms with Crippen LogP contribution in [-0.2, 0) is 10.0 Å². The molecule has 0 bridgehead atoms. The predicted molar refractivity (Wildman–Crippen MR) is 101 cm³/mol. The van der Waals surface area contributed by atoms with Gasteiger partial charge < -0.3 is 10.6 Å². The first-order chi connectivity index (χ1) is 13.3. The van der Waals surface area contributed by atoms with E-state index in [1.807, 2.05) is 12.1 Å². The Morgan fingerprint density at radius 3 is 2.46 bits per heavy atom. The molecule has 0 unspecified atom stereocenters. The second-order valence-corrected chi connectivity index (χ2v) is 7.50. The van der Waals surface area contributed by atoms with E-state index in [4.69, 9.17) is 27.4 Å². The highest BCUT2D eigenvalue weighted by atomic mass is 35.5. The standard InChI is InChI=1S/C17H11ClN6O3S/c18-15-8-13(2-1-11(15)9-19)27-16-4-3-14(7-12(16)10-20)28(25,26)23-17-5-6-24(21)22-17/h1-8H,21H2,(H,22,23). The monoisotopic (exact) mass is 414 g/mol. The summed E-state index contributed by atoms with van der Waals surface area (Å²) >= 11 is 5.96. The van der Waals surface area contributed by atoms with Gasteiger partial charge in [0.25, 0.3) is 10.0 Å². The summed E-state index contributed by atoms with van der Waals surface area (Å²) in [6.07, 6.45) is 1.37. The first-order valence-corrected chi connectivity index (χ1v) is 9.44. The van der Waals surface area contributed by atoms with E-state index in [-0.39, 0.29) is 32.6 Å². The normalized spacial score (nSPS) is 10.7. The van der Waals surface area contributed by atoms with Crippen LogP contribution in [0.5, 0.6) is 11.5 Å². The summed E-state index contributed by atoms with van der Waals surface area (Å²) in [5.74, 6) is 5.85. The van der Waals surface area contributed by atoms with Crippen LogP contribution in [0.1, 0.15) is 11.1 Å². The molecule has 0 atom stereocenters. The third-order valence-corrected chi connectivity index (χ3v) is 5.18. The van der Waals surface area contributed by atoms with Crippen molar-refractivity contribution in [3.05, 3.63) is 64.8 Å². The number of nitrogens with one attached hydrogen (secondary N) is 1. The van der Waals surface area contributed by atoms with Gasteiger partial charge in [-0.05, 0) is 30.3 Å². The van der Waals surface area contributed by atoms with Crippen LogP contribution in [0.3, 0.4) is 0 Å². The Morgan fingerprint density at radius 1 is 1.11 bits per heavy atom. The number of nitriles is 2. The van der Waals surface area contributed by atoms with E-state index in [1.165, 1.54) is 48.7 Å². The predicted octanol–water partition coefficient (Wildman–Crippen LogP) is 2.59. The van der Waals surface area contributed by atoms with Gasteiger partial charge in [-0.15, -0.1) is 5.10 Å². The van der Waals surface area contributed by atoms with E-state index in [0.717, 1.165) is 4.79 Å². The summed E-state index contributed by atoms with van der Waals surface area (Å²) in [7, 11) is -3.98. The third kappa shape index (κ3) is 3.99. The number of hydrogen-bond acceptors (Lipinski definition) is 7. The van der Waals surface area contributed by atoms with Crippen molar-refractivity contribution in [1.29, 1.82) is 10.5 Å². The van der Waals surface area contributed by atoms with Crippen LogP contribution < -0.4 is 15.3 Å². The van der Waals surface area contributed by atoms with Crippen LogP contribution in [0.25, 0.3) is 0 Å². The highest BCUT2D eigenvalue weighted by Crippen LogP contribution is 2.30. The van der Waals surface area contributed by atoms with Gasteiger partial charge in [0.2, 0.25) is 0 Å². The molecule has 0 aliphatic carbocycles. The fraction of sp³-hybridized carbons (Fsp3) is 0. The topological polar surface area (TPSA) is 147 Å². The number of hydrogen-bond donors (Lipinski definition) is 2. The fourth-order valence-corrected chi connectivity index (χ4v) is 3.45. The van der Waals surface area contributed by atoms with Crippen LogP contribution >= 0.6 is 11.6 Å². The molecule has 1 aromatic heterocycles. The minimum absolute atomic E-state index is 0.00675. The van der Waals surface area contributed by atoms with Gasteiger partial charge in [0.05, 0.1) is 27.2 Å². The highest BCUT2D eigenvalue weighted by Gasteiger charge is 2.18. The number of aromatic nitrogens is 2. The minimum atomic E-state index is -3.98. The molecule has 28 heavy (non-hydrogen) atoms. The first kappa shape index (κ1) is 19.0. The highest BCUT2D eigenvalue weighted by molar-refractivity contribution is 7.92. The van der Waals surface area contributed by atoms with Crippen molar-refractivity contribution >= 4 is 27.4 Å². The van der Waals surface area contributed by atoms with Gasteiger partial charge in [0.15, 0.2) is 5.82 Å². The number of ether oxygens (including phenoxy) is 1. The Morgan fingerprint density at radius 2 is 1.86 bits per heavy atom. The molecular weight excluding hydrogens is 404 g/mol. The third-order valence-electron chi connectivity index (χ3n) is 3.52. The Bertz CT molecular complexity index is 1240. The molecule has 3 rings (SSSR count). The first-order valence-electron chi connectivity index (χ1n) is 7.57. The van der Waals surface area contributed by atoms with Crippen LogP contribution in [0.15, 0.2) is 53.6 Å². The molecule has 3 aromatic rings. The second-order valence-electron chi connectivity index (χ2n) is 5.41. The zero-order valence-corrected chi connectivity index (χ0v) is 15.6. The van der Waals surface area contributed by atoms with Gasteiger partial charge in [-0.3, -0.25) is 4.72 Å². The van der Waals surface area contributed by atoms with Gasteiger partial charge in [-0.25, -0.2) is 8.42 Å². The number of benzene rings is 2. The molecule has 0 aliphatic rings. The van der Waals surface area contributed by atoms with Crippen LogP contribution in [-0.4, -0.2) is 18.3 Å². The molecule has 9 nitrogen and oxygen atoms in total. The molecule has 0 radical (unpaired) electrons. The average molecular weight is 415 g/mol. The molecule has 1 heterocycles. The molecule has 11 heteroatoms. The Kier molecular flexibility index (Phi) is 5.09. The van der Waals surface area contributed by atoms with E-state index in [0.29, 0.717) is 5.75 Å². The zero-order chi connectivity index (χ0) is 20.3. The Hall–Kier alpha value is -3.73. The summed E-state index contributed by atoms with van der Waals surface area (Å²) in [5.41, 5.74) is 0.273. The van der Waals surface area contributed by atoms with E-state index in [1.54, 1.807) is 0 Å². The van der Waals surface area contributed by atoms with Crippen molar-refractivity contribution in [2.24, 2.45) is 0 Å². The van der Waals surface area contributed by atoms with E-state index in [2.05, 4.69) is 9.82 Å². The van der Waals surface area contributed by atoms with Gasteiger partial charge in [0, 0.05) is 12.1 Å². The van der Waals surface area contributed by atoms with Gasteiger partial charge in [-0.2, -0.15) is 15.3 Å². The van der Waals surface area contributed by atoms with Gasteiger partial charge in [0.1, 0.15) is 23.6 Å². The van der Waals surface area contributed by atoms with E-state index in [9.17, 15) is 13.7 Å². The average Bonchev–Trinajstić information content (AvgIpc) is 3.06. The summed E-state index contributed by atoms with van der Waals surface area (Å²) in [5, 5.41) is 22.2. The van der Waals surface area contributed by atoms with Crippen molar-refractivity contribution in [1.82, 2.24) is 9.89 Å². The molecule has 3 N–H and O–H groups in total. The number of halogens is 1. The summed E-state index contributed by atoms with van der Waals surface area (Å²) in [6.45, 7) is 0. The maximum atomic E-state index is 12.5. The summed E-state index contributed by atoms with van der Waals surface area (Å²) in [6, 6.07) is 13.4. The molecule has 0 amide bonds. The molecule has 140 valence electrons. The summed E-state index contributed by atoms with van der Waals surface area (Å²) in [4.78, 5) is 0.805. The molecule has 0 aliphatic heterocycles. The SMILES string of the molecule is N#Cc1ccc(Oc2ccc(S(=O)(=O)Nc3ccn(N)n3)cc2C#N)cc1Cl. The molecule has 0 saturated carbocycles. The molecule has 2 aromatic carbocycles. The van der Waals surface area contributed by atoms with E-state index < -0.39 is 10.0 Å². The quantitative estimate of drug-likeness (QED) is 0.609. The molecule has 0 spiro atoms. The smallest absolute Gasteiger partial charge is 0.263 e. The van der Waals surface area contributed by atoms with Crippen molar-refractivity contribution in [2.75, 3.05) is 10.6 Å². The molecular formula is C17H11ClN6O3S. The Balaban J connectivity index is 1.89. The second kappa shape index (κ2) is 7.48. The number of nitrogen functional groups attached to an aromatic ring is 1. The molecule has 0 fully saturated rings. The van der Waals surface area contributed by atoms with Crippen LogP contribution in [0, 0.1) is 22.7 Å². The minimum Gasteiger partial charge on any atom is -0.456 e. The lowest BCUT2D eigenvalue weighted by Gasteiger charge is -2.10. The number of anilines is 1. The lowest BCUT2D eigenvalue weighted by atomic mass is 10.2. The lowest BCUT2D eigenvalue weighted by molar-refractivity contribution is 0.480. The lowest BCUT2D eigenvalue weighted by Crippen LogP contribution is -2.15. The van der Waals surface area contributed by atoms with Gasteiger partial charge >= 0.3 is 0 Å². The maximum absolute atomic E-state index is 12.5. The number of rotatable bonds is 5. The van der Waals surface area contributed by atoms with Crippen molar-refractivity contribution < 1.29 is 13.2 Å². The van der Waals surface area contributed by atoms with Crippen LogP contribution in [0.4, 0.5) is 5.82 Å². The van der Waals surface area contributed by atoms with Crippen molar-refractivity contribution in [2.45, 2.75) is 4.90 Å².